The lowest BCUT2D eigenvalue weighted by molar-refractivity contribution is 0.0959. The van der Waals surface area contributed by atoms with E-state index in [-0.39, 0.29) is 17.8 Å². The summed E-state index contributed by atoms with van der Waals surface area (Å²) in [6.07, 6.45) is 5.77. The number of halogens is 1. The van der Waals surface area contributed by atoms with Crippen LogP contribution in [0.15, 0.2) is 77.6 Å². The maximum atomic E-state index is 13.4. The summed E-state index contributed by atoms with van der Waals surface area (Å²) < 4.78 is 18.5. The Morgan fingerprint density at radius 3 is 2.41 bits per heavy atom. The number of amides is 1. The fourth-order valence-electron chi connectivity index (χ4n) is 3.95. The highest BCUT2D eigenvalue weighted by molar-refractivity contribution is 6.06. The van der Waals surface area contributed by atoms with Gasteiger partial charge in [0.05, 0.1) is 11.8 Å². The van der Waals surface area contributed by atoms with Crippen molar-refractivity contribution in [3.63, 3.8) is 0 Å². The van der Waals surface area contributed by atoms with Crippen LogP contribution in [0.4, 0.5) is 10.1 Å². The second-order valence-electron chi connectivity index (χ2n) is 7.47. The van der Waals surface area contributed by atoms with Crippen molar-refractivity contribution in [3.8, 4) is 0 Å². The number of carbonyl (C=O) groups is 1. The molecule has 0 saturated carbocycles. The number of carbonyl (C=O) groups excluding carboxylic acids is 1. The third-order valence-corrected chi connectivity index (χ3v) is 5.57. The first kappa shape index (κ1) is 19.4. The first-order valence-corrected chi connectivity index (χ1v) is 10.1. The maximum Gasteiger partial charge on any atom is 0.261 e. The highest BCUT2D eigenvalue weighted by atomic mass is 19.1. The number of piperidine rings is 1. The smallest absolute Gasteiger partial charge is 0.261 e. The second kappa shape index (κ2) is 9.05. The van der Waals surface area contributed by atoms with Gasteiger partial charge in [-0.3, -0.25) is 4.79 Å². The molecule has 2 aromatic carbocycles. The number of hydrogen-bond donors (Lipinski definition) is 0. The Bertz CT molecular complexity index is 902. The molecule has 3 aromatic rings. The summed E-state index contributed by atoms with van der Waals surface area (Å²) in [5.74, 6) is -0.409. The van der Waals surface area contributed by atoms with Crippen LogP contribution in [0.25, 0.3) is 0 Å². The number of benzene rings is 2. The molecule has 1 aliphatic heterocycles. The molecule has 0 radical (unpaired) electrons. The van der Waals surface area contributed by atoms with Gasteiger partial charge in [-0.05, 0) is 55.2 Å². The Labute approximate surface area is 170 Å². The van der Waals surface area contributed by atoms with Crippen LogP contribution >= 0.6 is 0 Å². The molecular weight excluding hydrogens is 367 g/mol. The Morgan fingerprint density at radius 2 is 1.76 bits per heavy atom. The molecule has 5 heteroatoms. The quantitative estimate of drug-likeness (QED) is 0.606. The van der Waals surface area contributed by atoms with Crippen molar-refractivity contribution in [1.82, 2.24) is 4.90 Å². The fourth-order valence-corrected chi connectivity index (χ4v) is 3.95. The first-order chi connectivity index (χ1) is 14.2. The number of likely N-dealkylation sites (tertiary alicyclic amines) is 1. The van der Waals surface area contributed by atoms with Gasteiger partial charge in [-0.2, -0.15) is 0 Å². The highest BCUT2D eigenvalue weighted by Crippen LogP contribution is 2.26. The van der Waals surface area contributed by atoms with Crippen molar-refractivity contribution in [2.45, 2.75) is 25.3 Å². The van der Waals surface area contributed by atoms with Gasteiger partial charge in [0.1, 0.15) is 12.1 Å². The van der Waals surface area contributed by atoms with E-state index in [1.807, 2.05) is 6.07 Å². The minimum Gasteiger partial charge on any atom is -0.472 e. The van der Waals surface area contributed by atoms with Gasteiger partial charge in [-0.25, -0.2) is 4.39 Å². The van der Waals surface area contributed by atoms with E-state index >= 15 is 0 Å². The number of furan rings is 1. The molecule has 4 nitrogen and oxygen atoms in total. The van der Waals surface area contributed by atoms with E-state index in [0.717, 1.165) is 44.6 Å². The Hall–Kier alpha value is -2.92. The van der Waals surface area contributed by atoms with E-state index < -0.39 is 0 Å². The molecule has 29 heavy (non-hydrogen) atoms. The summed E-state index contributed by atoms with van der Waals surface area (Å²) in [5.41, 5.74) is 2.58. The van der Waals surface area contributed by atoms with E-state index in [1.54, 1.807) is 23.1 Å². The zero-order valence-corrected chi connectivity index (χ0v) is 16.3. The summed E-state index contributed by atoms with van der Waals surface area (Å²) in [6, 6.07) is 18.4. The van der Waals surface area contributed by atoms with Crippen molar-refractivity contribution in [3.05, 3.63) is 90.1 Å². The van der Waals surface area contributed by atoms with E-state index in [1.165, 1.54) is 30.2 Å². The van der Waals surface area contributed by atoms with Crippen LogP contribution in [0, 0.1) is 5.82 Å². The summed E-state index contributed by atoms with van der Waals surface area (Å²) in [7, 11) is 0. The van der Waals surface area contributed by atoms with Crippen LogP contribution in [-0.2, 0) is 6.42 Å². The second-order valence-corrected chi connectivity index (χ2v) is 7.47. The van der Waals surface area contributed by atoms with Gasteiger partial charge in [0.2, 0.25) is 0 Å². The molecule has 0 unspecified atom stereocenters. The van der Waals surface area contributed by atoms with Crippen molar-refractivity contribution in [2.24, 2.45) is 0 Å². The normalized spacial score (nSPS) is 15.3. The third-order valence-electron chi connectivity index (χ3n) is 5.57. The maximum absolute atomic E-state index is 13.4. The molecule has 0 N–H and O–H groups in total. The molecule has 1 aliphatic rings. The predicted octanol–water partition coefficient (Wildman–Crippen LogP) is 4.77. The average Bonchev–Trinajstić information content (AvgIpc) is 3.30. The van der Waals surface area contributed by atoms with Gasteiger partial charge >= 0.3 is 0 Å². The molecule has 0 spiro atoms. The van der Waals surface area contributed by atoms with Crippen molar-refractivity contribution < 1.29 is 13.6 Å². The van der Waals surface area contributed by atoms with Gasteiger partial charge in [-0.15, -0.1) is 0 Å². The number of anilines is 1. The molecule has 1 amide bonds. The molecule has 1 aromatic heterocycles. The largest absolute Gasteiger partial charge is 0.472 e. The van der Waals surface area contributed by atoms with Gasteiger partial charge in [0, 0.05) is 31.4 Å². The number of rotatable bonds is 6. The predicted molar refractivity (Wildman–Crippen MR) is 112 cm³/mol. The SMILES string of the molecule is O=C(c1ccoc1)N(c1ccc(F)cc1)C1CCN(CCc2ccccc2)CC1. The van der Waals surface area contributed by atoms with Crippen molar-refractivity contribution >= 4 is 11.6 Å². The monoisotopic (exact) mass is 392 g/mol. The fraction of sp³-hybridized carbons (Fsp3) is 0.292. The third kappa shape index (κ3) is 4.74. The van der Waals surface area contributed by atoms with Crippen LogP contribution in [0.2, 0.25) is 0 Å². The first-order valence-electron chi connectivity index (χ1n) is 10.1. The molecule has 1 fully saturated rings. The molecular formula is C24H25FN2O2. The molecule has 2 heterocycles. The van der Waals surface area contributed by atoms with E-state index in [4.69, 9.17) is 4.42 Å². The topological polar surface area (TPSA) is 36.7 Å². The Kier molecular flexibility index (Phi) is 6.06. The lowest BCUT2D eigenvalue weighted by atomic mass is 10.0. The molecule has 0 atom stereocenters. The minimum atomic E-state index is -0.305. The summed E-state index contributed by atoms with van der Waals surface area (Å²) in [5, 5.41) is 0. The zero-order chi connectivity index (χ0) is 20.1. The molecule has 150 valence electrons. The summed E-state index contributed by atoms with van der Waals surface area (Å²) >= 11 is 0. The standard InChI is InChI=1S/C24H25FN2O2/c25-21-6-8-22(9-7-21)27(24(28)20-13-17-29-18-20)23-11-15-26(16-12-23)14-10-19-4-2-1-3-5-19/h1-9,13,17-18,23H,10-12,14-16H2. The van der Waals surface area contributed by atoms with Crippen LogP contribution in [0.1, 0.15) is 28.8 Å². The minimum absolute atomic E-state index is 0.0795. The van der Waals surface area contributed by atoms with Crippen LogP contribution in [-0.4, -0.2) is 36.5 Å². The summed E-state index contributed by atoms with van der Waals surface area (Å²) in [6.45, 7) is 2.89. The van der Waals surface area contributed by atoms with E-state index in [0.29, 0.717) is 5.56 Å². The van der Waals surface area contributed by atoms with Gasteiger partial charge in [-0.1, -0.05) is 30.3 Å². The van der Waals surface area contributed by atoms with Crippen LogP contribution in [0.5, 0.6) is 0 Å². The number of nitrogens with zero attached hydrogens (tertiary/aromatic N) is 2. The highest BCUT2D eigenvalue weighted by Gasteiger charge is 2.30. The number of hydrogen-bond acceptors (Lipinski definition) is 3. The van der Waals surface area contributed by atoms with Gasteiger partial charge in [0.25, 0.3) is 5.91 Å². The lowest BCUT2D eigenvalue weighted by Gasteiger charge is -2.38. The van der Waals surface area contributed by atoms with E-state index in [2.05, 4.69) is 29.2 Å². The molecule has 0 bridgehead atoms. The Morgan fingerprint density at radius 1 is 1.03 bits per heavy atom. The lowest BCUT2D eigenvalue weighted by Crippen LogP contribution is -2.48. The van der Waals surface area contributed by atoms with Crippen LogP contribution in [0.3, 0.4) is 0 Å². The molecule has 1 saturated heterocycles. The van der Waals surface area contributed by atoms with Crippen LogP contribution < -0.4 is 4.90 Å². The van der Waals surface area contributed by atoms with Gasteiger partial charge in [0.15, 0.2) is 0 Å². The van der Waals surface area contributed by atoms with Crippen molar-refractivity contribution in [1.29, 1.82) is 0 Å². The van der Waals surface area contributed by atoms with Crippen molar-refractivity contribution in [2.75, 3.05) is 24.5 Å². The zero-order valence-electron chi connectivity index (χ0n) is 16.3. The molecule has 4 rings (SSSR count). The van der Waals surface area contributed by atoms with E-state index in [9.17, 15) is 9.18 Å². The summed E-state index contributed by atoms with van der Waals surface area (Å²) in [4.78, 5) is 17.4. The average molecular weight is 392 g/mol. The Balaban J connectivity index is 1.43. The molecule has 0 aliphatic carbocycles. The van der Waals surface area contributed by atoms with Gasteiger partial charge < -0.3 is 14.2 Å².